The molecule has 194 valence electrons. The van der Waals surface area contributed by atoms with Crippen molar-refractivity contribution in [3.63, 3.8) is 0 Å². The Bertz CT molecular complexity index is 782. The third-order valence-electron chi connectivity index (χ3n) is 7.38. The molecule has 0 fully saturated rings. The van der Waals surface area contributed by atoms with Crippen LogP contribution in [0.1, 0.15) is 59.9 Å². The Kier molecular flexibility index (Phi) is 11.0. The van der Waals surface area contributed by atoms with E-state index in [1.165, 1.54) is 0 Å². The van der Waals surface area contributed by atoms with Gasteiger partial charge in [0.25, 0.3) is 5.91 Å². The number of nitrogens with one attached hydrogen (secondary N) is 1. The van der Waals surface area contributed by atoms with Gasteiger partial charge < -0.3 is 19.3 Å². The Hall–Kier alpha value is -1.26. The van der Waals surface area contributed by atoms with Gasteiger partial charge in [-0.2, -0.15) is 0 Å². The van der Waals surface area contributed by atoms with E-state index in [1.807, 2.05) is 30.3 Å². The normalized spacial score (nSPS) is 16.0. The lowest BCUT2D eigenvalue weighted by molar-refractivity contribution is -0.138. The predicted molar refractivity (Wildman–Crippen MR) is 148 cm³/mol. The molecule has 0 heterocycles. The van der Waals surface area contributed by atoms with Gasteiger partial charge in [0.05, 0.1) is 6.10 Å². The van der Waals surface area contributed by atoms with Crippen LogP contribution in [0.15, 0.2) is 43.0 Å². The molecule has 0 unspecified atom stereocenters. The van der Waals surface area contributed by atoms with Crippen molar-refractivity contribution in [2.75, 3.05) is 0 Å². The highest BCUT2D eigenvalue weighted by molar-refractivity contribution is 6.74. The van der Waals surface area contributed by atoms with Crippen molar-refractivity contribution in [3.05, 3.63) is 48.6 Å². The molecule has 0 aromatic heterocycles. The van der Waals surface area contributed by atoms with Crippen LogP contribution in [0.3, 0.4) is 0 Å². The van der Waals surface area contributed by atoms with E-state index in [2.05, 4.69) is 79.6 Å². The minimum absolute atomic E-state index is 0.0779. The van der Waals surface area contributed by atoms with Gasteiger partial charge in [-0.3, -0.25) is 4.79 Å². The summed E-state index contributed by atoms with van der Waals surface area (Å²) in [7, 11) is -4.67. The van der Waals surface area contributed by atoms with Crippen molar-refractivity contribution in [3.8, 4) is 0 Å². The molecule has 0 bridgehead atoms. The highest BCUT2D eigenvalue weighted by atomic mass is 28.4. The first-order valence-electron chi connectivity index (χ1n) is 12.4. The average Bonchev–Trinajstić information content (AvgIpc) is 2.71. The molecule has 5 nitrogen and oxygen atoms in total. The summed E-state index contributed by atoms with van der Waals surface area (Å²) in [4.78, 5) is 13.7. The zero-order valence-corrected chi connectivity index (χ0v) is 25.2. The van der Waals surface area contributed by atoms with Crippen molar-refractivity contribution >= 4 is 22.5 Å². The van der Waals surface area contributed by atoms with Gasteiger partial charge in [-0.25, -0.2) is 0 Å². The highest BCUT2D eigenvalue weighted by Gasteiger charge is 2.48. The highest BCUT2D eigenvalue weighted by Crippen LogP contribution is 2.41. The number of hydrogen-bond acceptors (Lipinski definition) is 4. The molecular formula is C27H49NO4Si2. The molecule has 0 spiro atoms. The largest absolute Gasteiger partial charge is 0.408 e. The van der Waals surface area contributed by atoms with E-state index in [1.54, 1.807) is 6.08 Å². The summed E-state index contributed by atoms with van der Waals surface area (Å²) in [6.07, 6.45) is 0.378. The molecule has 34 heavy (non-hydrogen) atoms. The van der Waals surface area contributed by atoms with Crippen LogP contribution < -0.4 is 5.32 Å². The maximum Gasteiger partial charge on any atom is 0.250 e. The van der Waals surface area contributed by atoms with Gasteiger partial charge in [0, 0.05) is 6.54 Å². The lowest BCUT2D eigenvalue weighted by Gasteiger charge is -2.45. The molecule has 0 saturated heterocycles. The fourth-order valence-electron chi connectivity index (χ4n) is 2.96. The van der Waals surface area contributed by atoms with Gasteiger partial charge in [0.2, 0.25) is 0 Å². The Morgan fingerprint density at radius 1 is 1.00 bits per heavy atom. The Balaban J connectivity index is 3.39. The van der Waals surface area contributed by atoms with Crippen LogP contribution >= 0.6 is 0 Å². The van der Waals surface area contributed by atoms with Crippen molar-refractivity contribution < 1.29 is 18.8 Å². The average molecular weight is 508 g/mol. The Labute approximate surface area is 210 Å². The minimum atomic E-state index is -2.36. The smallest absolute Gasteiger partial charge is 0.250 e. The predicted octanol–water partition coefficient (Wildman–Crippen LogP) is 6.41. The van der Waals surface area contributed by atoms with Crippen LogP contribution in [0.4, 0.5) is 0 Å². The molecule has 0 aliphatic rings. The lowest BCUT2D eigenvalue weighted by atomic mass is 10.0. The van der Waals surface area contributed by atoms with E-state index < -0.39 is 34.9 Å². The van der Waals surface area contributed by atoms with E-state index in [-0.39, 0.29) is 16.0 Å². The molecule has 0 aliphatic carbocycles. The third-order valence-corrected chi connectivity index (χ3v) is 16.3. The molecule has 1 rings (SSSR count). The Morgan fingerprint density at radius 2 is 1.50 bits per heavy atom. The number of carbonyl (C=O) groups is 1. The quantitative estimate of drug-likeness (QED) is 0.253. The SMILES string of the molecule is C=CCC[C@H](O)[C@@H](O[Si](C)(C)C(C)(C)C)[C@H](O[Si](C)(C)C(C)(C)C)C(=O)NCc1ccccc1. The maximum atomic E-state index is 13.7. The molecule has 7 heteroatoms. The minimum Gasteiger partial charge on any atom is -0.408 e. The summed E-state index contributed by atoms with van der Waals surface area (Å²) in [5.41, 5.74) is 1.01. The number of benzene rings is 1. The van der Waals surface area contributed by atoms with Gasteiger partial charge in [-0.1, -0.05) is 78.0 Å². The van der Waals surface area contributed by atoms with Gasteiger partial charge in [-0.15, -0.1) is 6.58 Å². The van der Waals surface area contributed by atoms with Crippen molar-refractivity contribution in [1.82, 2.24) is 5.32 Å². The van der Waals surface area contributed by atoms with E-state index >= 15 is 0 Å². The van der Waals surface area contributed by atoms with Crippen molar-refractivity contribution in [2.24, 2.45) is 0 Å². The first-order valence-corrected chi connectivity index (χ1v) is 18.2. The first-order chi connectivity index (χ1) is 15.4. The number of carbonyl (C=O) groups excluding carboxylic acids is 1. The van der Waals surface area contributed by atoms with E-state index in [0.717, 1.165) is 5.56 Å². The van der Waals surface area contributed by atoms with Crippen LogP contribution in [-0.2, 0) is 20.2 Å². The molecule has 0 saturated carbocycles. The lowest BCUT2D eigenvalue weighted by Crippen LogP contribution is -2.59. The van der Waals surface area contributed by atoms with Crippen LogP contribution in [-0.4, -0.2) is 46.0 Å². The second kappa shape index (κ2) is 12.1. The van der Waals surface area contributed by atoms with Gasteiger partial charge in [-0.05, 0) is 54.7 Å². The summed E-state index contributed by atoms with van der Waals surface area (Å²) in [5, 5.41) is 14.2. The number of allylic oxidation sites excluding steroid dienone is 1. The summed E-state index contributed by atoms with van der Waals surface area (Å²) in [6.45, 7) is 25.7. The van der Waals surface area contributed by atoms with Crippen LogP contribution in [0.2, 0.25) is 36.3 Å². The fraction of sp³-hybridized carbons (Fsp3) is 0.667. The standard InChI is InChI=1S/C27H49NO4Si2/c1-12-13-19-22(29)23(31-33(8,9)26(2,3)4)24(32-34(10,11)27(5,6)7)25(30)28-20-21-17-15-14-16-18-21/h12,14-18,22-24,29H,1,13,19-20H2,2-11H3,(H,28,30)/t22-,23+,24-/m0/s1. The molecule has 0 aliphatic heterocycles. The second-order valence-corrected chi connectivity index (χ2v) is 21.8. The van der Waals surface area contributed by atoms with Crippen LogP contribution in [0.25, 0.3) is 0 Å². The number of hydrogen-bond donors (Lipinski definition) is 2. The topological polar surface area (TPSA) is 67.8 Å². The van der Waals surface area contributed by atoms with Crippen molar-refractivity contribution in [2.45, 2.75) is 116 Å². The van der Waals surface area contributed by atoms with Crippen LogP contribution in [0.5, 0.6) is 0 Å². The summed E-state index contributed by atoms with van der Waals surface area (Å²) in [5.74, 6) is -0.241. The molecule has 3 atom stereocenters. The molecule has 1 amide bonds. The molecule has 0 radical (unpaired) electrons. The number of amides is 1. The zero-order valence-electron chi connectivity index (χ0n) is 23.2. The van der Waals surface area contributed by atoms with E-state index in [4.69, 9.17) is 8.85 Å². The molecule has 2 N–H and O–H groups in total. The maximum absolute atomic E-state index is 13.7. The van der Waals surface area contributed by atoms with E-state index in [0.29, 0.717) is 19.4 Å². The Morgan fingerprint density at radius 3 is 1.97 bits per heavy atom. The fourth-order valence-corrected chi connectivity index (χ4v) is 5.51. The summed E-state index contributed by atoms with van der Waals surface area (Å²) < 4.78 is 13.5. The second-order valence-electron chi connectivity index (χ2n) is 12.3. The molecule has 1 aromatic carbocycles. The van der Waals surface area contributed by atoms with Gasteiger partial charge in [0.1, 0.15) is 6.10 Å². The van der Waals surface area contributed by atoms with Gasteiger partial charge >= 0.3 is 0 Å². The molecular weight excluding hydrogens is 458 g/mol. The van der Waals surface area contributed by atoms with Crippen molar-refractivity contribution in [1.29, 1.82) is 0 Å². The summed E-state index contributed by atoms with van der Waals surface area (Å²) >= 11 is 0. The zero-order chi connectivity index (χ0) is 26.4. The van der Waals surface area contributed by atoms with E-state index in [9.17, 15) is 9.90 Å². The summed E-state index contributed by atoms with van der Waals surface area (Å²) in [6, 6.07) is 9.81. The number of rotatable bonds is 12. The number of aliphatic hydroxyl groups excluding tert-OH is 1. The molecule has 1 aromatic rings. The van der Waals surface area contributed by atoms with Crippen LogP contribution in [0, 0.1) is 0 Å². The monoisotopic (exact) mass is 507 g/mol. The third kappa shape index (κ3) is 8.75. The van der Waals surface area contributed by atoms with Gasteiger partial charge in [0.15, 0.2) is 22.7 Å². The number of aliphatic hydroxyl groups is 1. The first kappa shape index (κ1) is 30.8.